The number of ether oxygens (including phenoxy) is 1. The highest BCUT2D eigenvalue weighted by molar-refractivity contribution is 6.33. The first-order valence-electron chi connectivity index (χ1n) is 15.4. The Hall–Kier alpha value is -4.99. The lowest BCUT2D eigenvalue weighted by molar-refractivity contribution is 0.0686. The maximum absolute atomic E-state index is 14.4. The van der Waals surface area contributed by atoms with E-state index in [1.54, 1.807) is 48.3 Å². The summed E-state index contributed by atoms with van der Waals surface area (Å²) in [5.74, 6) is -4.03. The molecule has 268 valence electrons. The average Bonchev–Trinajstić information content (AvgIpc) is 3.40. The first-order chi connectivity index (χ1) is 23.5. The second-order valence-corrected chi connectivity index (χ2v) is 13.1. The second kappa shape index (κ2) is 15.7. The van der Waals surface area contributed by atoms with Crippen molar-refractivity contribution in [1.29, 1.82) is 0 Å². The third-order valence-corrected chi connectivity index (χ3v) is 7.91. The number of amides is 2. The molecule has 0 radical (unpaired) electrons. The number of carbonyl (C=O) groups excluding carboxylic acids is 2. The van der Waals surface area contributed by atoms with Crippen molar-refractivity contribution in [3.63, 3.8) is 0 Å². The minimum absolute atomic E-state index is 0.119. The quantitative estimate of drug-likeness (QED) is 0.0681. The Bertz CT molecular complexity index is 1740. The number of alkyl halides is 4. The van der Waals surface area contributed by atoms with Gasteiger partial charge in [-0.05, 0) is 54.4 Å². The van der Waals surface area contributed by atoms with E-state index >= 15 is 0 Å². The van der Waals surface area contributed by atoms with Gasteiger partial charge in [-0.25, -0.2) is 18.6 Å². The highest BCUT2D eigenvalue weighted by Gasteiger charge is 2.58. The molecule has 1 heterocycles. The van der Waals surface area contributed by atoms with Gasteiger partial charge in [0.2, 0.25) is 0 Å². The molecule has 4 rings (SSSR count). The fraction of sp³-hybridized carbons (Fsp3) is 0.394. The number of nitrogens with zero attached hydrogens (tertiary/aromatic N) is 7. The van der Waals surface area contributed by atoms with Crippen molar-refractivity contribution >= 4 is 48.3 Å². The lowest BCUT2D eigenvalue weighted by Gasteiger charge is -2.32. The van der Waals surface area contributed by atoms with Gasteiger partial charge in [0, 0.05) is 37.3 Å². The van der Waals surface area contributed by atoms with Gasteiger partial charge in [0.05, 0.1) is 22.4 Å². The first-order valence-corrected chi connectivity index (χ1v) is 15.8. The number of guanidine groups is 1. The molecule has 0 spiro atoms. The zero-order chi connectivity index (χ0) is 36.8. The second-order valence-electron chi connectivity index (χ2n) is 12.7. The molecule has 2 atom stereocenters. The molecular weight excluding hydrogens is 682 g/mol. The zero-order valence-corrected chi connectivity index (χ0v) is 28.6. The molecule has 1 aliphatic carbocycles. The van der Waals surface area contributed by atoms with E-state index in [2.05, 4.69) is 32.2 Å². The fourth-order valence-electron chi connectivity index (χ4n) is 4.73. The Labute approximate surface area is 291 Å². The van der Waals surface area contributed by atoms with Crippen LogP contribution in [0.25, 0.3) is 11.3 Å². The molecule has 1 aliphatic rings. The van der Waals surface area contributed by atoms with Crippen LogP contribution in [-0.4, -0.2) is 77.4 Å². The summed E-state index contributed by atoms with van der Waals surface area (Å²) >= 11 is 6.32. The third kappa shape index (κ3) is 9.80. The van der Waals surface area contributed by atoms with Crippen molar-refractivity contribution in [2.45, 2.75) is 58.2 Å². The Balaban J connectivity index is 1.80. The maximum Gasteiger partial charge on any atom is 0.407 e. The van der Waals surface area contributed by atoms with Gasteiger partial charge in [-0.3, -0.25) is 24.4 Å². The molecule has 1 aromatic heterocycles. The highest BCUT2D eigenvalue weighted by atomic mass is 35.5. The number of nitrogens with one attached hydrogen (secondary N) is 1. The molecule has 0 bridgehead atoms. The van der Waals surface area contributed by atoms with Crippen LogP contribution >= 0.6 is 11.6 Å². The van der Waals surface area contributed by atoms with Gasteiger partial charge < -0.3 is 15.8 Å². The van der Waals surface area contributed by atoms with Gasteiger partial charge in [-0.1, -0.05) is 50.6 Å². The molecule has 0 unspecified atom stereocenters. The summed E-state index contributed by atoms with van der Waals surface area (Å²) in [6, 6.07) is 9.44. The molecule has 1 saturated carbocycles. The summed E-state index contributed by atoms with van der Waals surface area (Å²) in [4.78, 5) is 35.9. The minimum Gasteiger partial charge on any atom is -0.447 e. The SMILES string of the molecule is C=N/C=N\N(c1cc([C@@H](COC(=O)N[C@H]2CC2(F)F)N(C(=O)c2ccc(-c3ccn(C)n3)cc2)C(N)=NCCC(C)(C)C)ccc1Cl)C(F)F. The van der Waals surface area contributed by atoms with Crippen LogP contribution in [0.5, 0.6) is 0 Å². The predicted molar refractivity (Wildman–Crippen MR) is 184 cm³/mol. The molecule has 0 saturated heterocycles. The first kappa shape index (κ1) is 37.8. The number of nitrogens with two attached hydrogens (primary N) is 1. The van der Waals surface area contributed by atoms with E-state index in [0.717, 1.165) is 16.8 Å². The summed E-state index contributed by atoms with van der Waals surface area (Å²) in [6.45, 7) is 5.57. The number of aromatic nitrogens is 2. The van der Waals surface area contributed by atoms with E-state index in [-0.39, 0.29) is 44.8 Å². The van der Waals surface area contributed by atoms with Crippen molar-refractivity contribution < 1.29 is 31.9 Å². The van der Waals surface area contributed by atoms with Gasteiger partial charge in [0.25, 0.3) is 11.8 Å². The Kier molecular flexibility index (Phi) is 11.9. The molecule has 12 nitrogen and oxygen atoms in total. The molecule has 2 aromatic carbocycles. The minimum atomic E-state index is -3.18. The molecule has 3 aromatic rings. The van der Waals surface area contributed by atoms with Crippen LogP contribution in [0.15, 0.2) is 69.8 Å². The number of rotatable bonds is 13. The fourth-order valence-corrected chi connectivity index (χ4v) is 4.93. The Morgan fingerprint density at radius 1 is 1.22 bits per heavy atom. The van der Waals surface area contributed by atoms with Crippen molar-refractivity contribution in [1.82, 2.24) is 20.0 Å². The van der Waals surface area contributed by atoms with Crippen LogP contribution in [0, 0.1) is 5.41 Å². The summed E-state index contributed by atoms with van der Waals surface area (Å²) in [7, 11) is 1.77. The van der Waals surface area contributed by atoms with E-state index in [1.807, 2.05) is 20.8 Å². The van der Waals surface area contributed by atoms with Gasteiger partial charge in [0.15, 0.2) is 5.96 Å². The molecule has 1 fully saturated rings. The van der Waals surface area contributed by atoms with Crippen molar-refractivity contribution in [2.24, 2.45) is 33.3 Å². The van der Waals surface area contributed by atoms with Gasteiger partial charge in [-0.15, -0.1) is 0 Å². The van der Waals surface area contributed by atoms with Crippen LogP contribution in [0.3, 0.4) is 0 Å². The molecule has 50 heavy (non-hydrogen) atoms. The normalized spacial score (nSPS) is 16.3. The van der Waals surface area contributed by atoms with E-state index in [1.165, 1.54) is 18.2 Å². The number of anilines is 1. The van der Waals surface area contributed by atoms with E-state index in [4.69, 9.17) is 22.1 Å². The number of aliphatic imine (C=N–C) groups is 2. The standard InChI is InChI=1S/C33H38ClF4N9O3/c1-32(2,3)13-14-41-30(39)46(28(48)21-8-6-20(7-9-21)24-12-15-45(5)44-24)26(18-50-31(49)43-27-17-33(27,37)38)22-10-11-23(34)25(16-22)47(29(35)36)42-19-40-4/h6-12,15-16,19,26-27,29H,4,13-14,17-18H2,1-3,5H3,(H2,39,41)(H,43,49)/b42-19-/t26-,27+/m1/s1. The van der Waals surface area contributed by atoms with E-state index in [9.17, 15) is 27.2 Å². The number of benzene rings is 2. The zero-order valence-electron chi connectivity index (χ0n) is 27.9. The van der Waals surface area contributed by atoms with Crippen LogP contribution in [0.4, 0.5) is 28.0 Å². The monoisotopic (exact) mass is 719 g/mol. The van der Waals surface area contributed by atoms with Crippen molar-refractivity contribution in [3.8, 4) is 11.3 Å². The van der Waals surface area contributed by atoms with Crippen LogP contribution < -0.4 is 16.1 Å². The topological polar surface area (TPSA) is 143 Å². The van der Waals surface area contributed by atoms with Crippen LogP contribution in [0.2, 0.25) is 5.02 Å². The lowest BCUT2D eigenvalue weighted by Crippen LogP contribution is -2.47. The number of hydrogen-bond donors (Lipinski definition) is 2. The molecular formula is C33H38ClF4N9O3. The summed E-state index contributed by atoms with van der Waals surface area (Å²) in [6.07, 6.45) is 1.40. The van der Waals surface area contributed by atoms with Crippen LogP contribution in [-0.2, 0) is 11.8 Å². The number of alkyl carbamates (subject to hydrolysis) is 1. The molecule has 2 amide bonds. The lowest BCUT2D eigenvalue weighted by atomic mass is 9.92. The van der Waals surface area contributed by atoms with E-state index < -0.39 is 49.6 Å². The highest BCUT2D eigenvalue weighted by Crippen LogP contribution is 2.41. The summed E-state index contributed by atoms with van der Waals surface area (Å²) < 4.78 is 62.3. The number of hydrazone groups is 1. The number of halogens is 5. The smallest absolute Gasteiger partial charge is 0.407 e. The van der Waals surface area contributed by atoms with Crippen molar-refractivity contribution in [3.05, 3.63) is 70.9 Å². The third-order valence-electron chi connectivity index (χ3n) is 7.59. The molecule has 17 heteroatoms. The van der Waals surface area contributed by atoms with E-state index in [0.29, 0.717) is 12.1 Å². The average molecular weight is 720 g/mol. The summed E-state index contributed by atoms with van der Waals surface area (Å²) in [5.41, 5.74) is 7.73. The predicted octanol–water partition coefficient (Wildman–Crippen LogP) is 6.48. The Morgan fingerprint density at radius 2 is 1.90 bits per heavy atom. The van der Waals surface area contributed by atoms with Gasteiger partial charge >= 0.3 is 12.6 Å². The number of carbonyl (C=O) groups is 2. The molecule has 0 aliphatic heterocycles. The van der Waals surface area contributed by atoms with Crippen molar-refractivity contribution in [2.75, 3.05) is 18.2 Å². The van der Waals surface area contributed by atoms with Gasteiger partial charge in [0.1, 0.15) is 19.0 Å². The maximum atomic E-state index is 14.4. The van der Waals surface area contributed by atoms with Gasteiger partial charge in [-0.2, -0.15) is 19.0 Å². The largest absolute Gasteiger partial charge is 0.447 e. The summed E-state index contributed by atoms with van der Waals surface area (Å²) in [5, 5.41) is 10.2. The number of aryl methyl sites for hydroxylation is 1. The number of hydrogen-bond acceptors (Lipinski definition) is 7. The van der Waals surface area contributed by atoms with Crippen LogP contribution in [0.1, 0.15) is 55.6 Å². The Morgan fingerprint density at radius 3 is 2.46 bits per heavy atom. The molecule has 3 N–H and O–H groups in total.